The van der Waals surface area contributed by atoms with Crippen molar-refractivity contribution < 1.29 is 4.74 Å². The Morgan fingerprint density at radius 2 is 1.70 bits per heavy atom. The van der Waals surface area contributed by atoms with E-state index in [1.165, 1.54) is 25.1 Å². The lowest BCUT2D eigenvalue weighted by atomic mass is 9.91. The van der Waals surface area contributed by atoms with Gasteiger partial charge in [0, 0.05) is 24.7 Å². The molecule has 0 bridgehead atoms. The summed E-state index contributed by atoms with van der Waals surface area (Å²) in [5.74, 6) is 3.26. The topological polar surface area (TPSA) is 12.5 Å². The molecule has 0 spiro atoms. The number of hydrogen-bond donors (Lipinski definition) is 0. The van der Waals surface area contributed by atoms with Gasteiger partial charge in [0.15, 0.2) is 0 Å². The lowest BCUT2D eigenvalue weighted by Crippen LogP contribution is -2.38. The van der Waals surface area contributed by atoms with Crippen LogP contribution in [-0.2, 0) is 6.54 Å². The van der Waals surface area contributed by atoms with Gasteiger partial charge in [-0.25, -0.2) is 0 Å². The van der Waals surface area contributed by atoms with Gasteiger partial charge in [0.25, 0.3) is 0 Å². The normalized spacial score (nSPS) is 22.0. The third-order valence-electron chi connectivity index (χ3n) is 4.30. The Labute approximate surface area is 144 Å². The Morgan fingerprint density at radius 3 is 2.39 bits per heavy atom. The van der Waals surface area contributed by atoms with Gasteiger partial charge in [0.2, 0.25) is 0 Å². The summed E-state index contributed by atoms with van der Waals surface area (Å²) in [6.07, 6.45) is 1.34. The minimum absolute atomic E-state index is 0.722. The largest absolute Gasteiger partial charge is 0.457 e. The van der Waals surface area contributed by atoms with Crippen molar-refractivity contribution in [1.82, 2.24) is 4.90 Å². The highest BCUT2D eigenvalue weighted by Gasteiger charge is 2.21. The second-order valence-electron chi connectivity index (χ2n) is 6.84. The minimum Gasteiger partial charge on any atom is -0.457 e. The van der Waals surface area contributed by atoms with E-state index in [2.05, 4.69) is 36.9 Å². The third-order valence-corrected chi connectivity index (χ3v) is 4.55. The molecule has 1 saturated heterocycles. The Morgan fingerprint density at radius 1 is 1.00 bits per heavy atom. The monoisotopic (exact) mass is 329 g/mol. The van der Waals surface area contributed by atoms with Crippen LogP contribution in [0.2, 0.25) is 5.02 Å². The molecule has 0 saturated carbocycles. The Bertz CT molecular complexity index is 630. The van der Waals surface area contributed by atoms with Gasteiger partial charge in [-0.15, -0.1) is 0 Å². The highest BCUT2D eigenvalue weighted by atomic mass is 35.5. The summed E-state index contributed by atoms with van der Waals surface area (Å²) in [6, 6.07) is 15.9. The first kappa shape index (κ1) is 16.4. The molecular formula is C20H24ClNO. The van der Waals surface area contributed by atoms with Gasteiger partial charge in [-0.2, -0.15) is 0 Å². The van der Waals surface area contributed by atoms with Crippen LogP contribution < -0.4 is 4.74 Å². The summed E-state index contributed by atoms with van der Waals surface area (Å²) in [5, 5.41) is 0.722. The lowest BCUT2D eigenvalue weighted by molar-refractivity contribution is 0.134. The summed E-state index contributed by atoms with van der Waals surface area (Å²) in [4.78, 5) is 2.56. The van der Waals surface area contributed by atoms with Gasteiger partial charge in [-0.05, 0) is 60.2 Å². The molecular weight excluding hydrogens is 306 g/mol. The molecule has 2 atom stereocenters. The van der Waals surface area contributed by atoms with Crippen molar-refractivity contribution in [3.63, 3.8) is 0 Å². The molecule has 122 valence electrons. The van der Waals surface area contributed by atoms with E-state index in [0.29, 0.717) is 0 Å². The van der Waals surface area contributed by atoms with E-state index in [1.807, 2.05) is 30.3 Å². The summed E-state index contributed by atoms with van der Waals surface area (Å²) in [6.45, 7) is 8.07. The van der Waals surface area contributed by atoms with Crippen molar-refractivity contribution in [3.8, 4) is 11.5 Å². The van der Waals surface area contributed by atoms with E-state index in [9.17, 15) is 0 Å². The molecule has 2 unspecified atom stereocenters. The van der Waals surface area contributed by atoms with E-state index < -0.39 is 0 Å². The van der Waals surface area contributed by atoms with Crippen molar-refractivity contribution >= 4 is 11.6 Å². The molecule has 0 N–H and O–H groups in total. The van der Waals surface area contributed by atoms with Crippen molar-refractivity contribution in [3.05, 3.63) is 59.1 Å². The zero-order chi connectivity index (χ0) is 16.2. The third kappa shape index (κ3) is 4.73. The van der Waals surface area contributed by atoms with Crippen LogP contribution in [-0.4, -0.2) is 18.0 Å². The number of nitrogens with zero attached hydrogens (tertiary/aromatic N) is 1. The van der Waals surface area contributed by atoms with Gasteiger partial charge in [0.1, 0.15) is 11.5 Å². The Kier molecular flexibility index (Phi) is 5.24. The van der Waals surface area contributed by atoms with Gasteiger partial charge in [-0.1, -0.05) is 37.6 Å². The first-order valence-corrected chi connectivity index (χ1v) is 8.71. The number of piperidine rings is 1. The summed E-state index contributed by atoms with van der Waals surface area (Å²) < 4.78 is 5.93. The zero-order valence-electron chi connectivity index (χ0n) is 13.8. The van der Waals surface area contributed by atoms with E-state index in [1.54, 1.807) is 0 Å². The summed E-state index contributed by atoms with van der Waals surface area (Å²) >= 11 is 5.91. The fourth-order valence-electron chi connectivity index (χ4n) is 3.53. The molecule has 3 rings (SSSR count). The maximum atomic E-state index is 5.93. The Balaban J connectivity index is 1.66. The molecule has 2 aromatic rings. The highest BCUT2D eigenvalue weighted by molar-refractivity contribution is 6.30. The molecule has 3 heteroatoms. The van der Waals surface area contributed by atoms with Crippen LogP contribution in [0.1, 0.15) is 25.8 Å². The molecule has 23 heavy (non-hydrogen) atoms. The van der Waals surface area contributed by atoms with Crippen LogP contribution in [0.3, 0.4) is 0 Å². The molecule has 0 aromatic heterocycles. The second kappa shape index (κ2) is 7.37. The van der Waals surface area contributed by atoms with Crippen LogP contribution in [0.25, 0.3) is 0 Å². The average molecular weight is 330 g/mol. The molecule has 1 fully saturated rings. The van der Waals surface area contributed by atoms with E-state index in [0.717, 1.165) is 34.9 Å². The van der Waals surface area contributed by atoms with Crippen LogP contribution in [0, 0.1) is 11.8 Å². The molecule has 1 aliphatic heterocycles. The number of benzene rings is 2. The maximum Gasteiger partial charge on any atom is 0.127 e. The molecule has 2 aromatic carbocycles. The fourth-order valence-corrected chi connectivity index (χ4v) is 3.65. The van der Waals surface area contributed by atoms with Crippen molar-refractivity contribution in [2.45, 2.75) is 26.8 Å². The number of hydrogen-bond acceptors (Lipinski definition) is 2. The van der Waals surface area contributed by atoms with E-state index >= 15 is 0 Å². The van der Waals surface area contributed by atoms with E-state index in [4.69, 9.17) is 16.3 Å². The van der Waals surface area contributed by atoms with Crippen molar-refractivity contribution in [2.75, 3.05) is 13.1 Å². The first-order valence-electron chi connectivity index (χ1n) is 8.33. The number of halogens is 1. The molecule has 0 amide bonds. The molecule has 1 heterocycles. The smallest absolute Gasteiger partial charge is 0.127 e. The predicted octanol–water partition coefficient (Wildman–Crippen LogP) is 5.61. The zero-order valence-corrected chi connectivity index (χ0v) is 14.6. The quantitative estimate of drug-likeness (QED) is 0.722. The lowest BCUT2D eigenvalue weighted by Gasteiger charge is -2.35. The van der Waals surface area contributed by atoms with Crippen LogP contribution in [0.15, 0.2) is 48.5 Å². The maximum absolute atomic E-state index is 5.93. The van der Waals surface area contributed by atoms with Crippen LogP contribution >= 0.6 is 11.6 Å². The van der Waals surface area contributed by atoms with Crippen LogP contribution in [0.4, 0.5) is 0 Å². The number of likely N-dealkylation sites (tertiary alicyclic amines) is 1. The molecule has 2 nitrogen and oxygen atoms in total. The second-order valence-corrected chi connectivity index (χ2v) is 7.28. The standard InChI is InChI=1S/C20H24ClNO/c1-15-10-16(2)13-22(12-15)14-17-4-3-5-20(11-17)23-19-8-6-18(21)7-9-19/h3-9,11,15-16H,10,12-14H2,1-2H3. The van der Waals surface area contributed by atoms with Crippen molar-refractivity contribution in [2.24, 2.45) is 11.8 Å². The minimum atomic E-state index is 0.722. The summed E-state index contributed by atoms with van der Waals surface area (Å²) in [7, 11) is 0. The molecule has 0 aliphatic carbocycles. The fraction of sp³-hybridized carbons (Fsp3) is 0.400. The molecule has 0 radical (unpaired) electrons. The Hall–Kier alpha value is -1.51. The van der Waals surface area contributed by atoms with E-state index in [-0.39, 0.29) is 0 Å². The number of rotatable bonds is 4. The number of ether oxygens (including phenoxy) is 1. The summed E-state index contributed by atoms with van der Waals surface area (Å²) in [5.41, 5.74) is 1.30. The van der Waals surface area contributed by atoms with Gasteiger partial charge < -0.3 is 4.74 Å². The molecule has 1 aliphatic rings. The van der Waals surface area contributed by atoms with Crippen molar-refractivity contribution in [1.29, 1.82) is 0 Å². The predicted molar refractivity (Wildman–Crippen MR) is 96.2 cm³/mol. The van der Waals surface area contributed by atoms with Gasteiger partial charge >= 0.3 is 0 Å². The van der Waals surface area contributed by atoms with Gasteiger partial charge in [0.05, 0.1) is 0 Å². The van der Waals surface area contributed by atoms with Gasteiger partial charge in [-0.3, -0.25) is 4.90 Å². The van der Waals surface area contributed by atoms with Crippen LogP contribution in [0.5, 0.6) is 11.5 Å². The highest BCUT2D eigenvalue weighted by Crippen LogP contribution is 2.26. The first-order chi connectivity index (χ1) is 11.1. The average Bonchev–Trinajstić information content (AvgIpc) is 2.49. The SMILES string of the molecule is CC1CC(C)CN(Cc2cccc(Oc3ccc(Cl)cc3)c2)C1.